The van der Waals surface area contributed by atoms with Gasteiger partial charge in [0.2, 0.25) is 0 Å². The largest absolute Gasteiger partial charge is 0.457 e. The van der Waals surface area contributed by atoms with Crippen molar-refractivity contribution in [1.82, 2.24) is 0 Å². The van der Waals surface area contributed by atoms with Crippen molar-refractivity contribution in [1.29, 1.82) is 0 Å². The lowest BCUT2D eigenvalue weighted by Crippen LogP contribution is -2.59. The van der Waals surface area contributed by atoms with Crippen LogP contribution in [0.15, 0.2) is 0 Å². The molecule has 6 atom stereocenters. The maximum absolute atomic E-state index is 12.8. The lowest BCUT2D eigenvalue weighted by atomic mass is 9.99. The maximum Gasteiger partial charge on any atom is 0.306 e. The van der Waals surface area contributed by atoms with E-state index in [1.165, 1.54) is 199 Å². The maximum atomic E-state index is 12.8. The summed E-state index contributed by atoms with van der Waals surface area (Å²) in [6.45, 7) is 4.61. The van der Waals surface area contributed by atoms with Crippen LogP contribution in [-0.2, 0) is 23.7 Å². The van der Waals surface area contributed by atoms with Crippen LogP contribution < -0.4 is 0 Å². The second-order valence-corrected chi connectivity index (χ2v) is 18.0. The van der Waals surface area contributed by atoms with E-state index in [2.05, 4.69) is 13.8 Å². The van der Waals surface area contributed by atoms with E-state index in [1.54, 1.807) is 0 Å². The van der Waals surface area contributed by atoms with Gasteiger partial charge in [-0.15, -0.1) is 0 Å². The number of ether oxygens (including phenoxy) is 4. The van der Waals surface area contributed by atoms with Gasteiger partial charge in [0.25, 0.3) is 0 Å². The van der Waals surface area contributed by atoms with Gasteiger partial charge in [0.05, 0.1) is 19.8 Å². The standard InChI is InChI=1S/C50H98O9/c1-3-5-7-9-11-13-15-16-17-18-19-20-21-22-23-24-25-26-27-28-29-31-33-35-37-39-46(52)58-44(43-57-50-49(55)48(54)47(53)45(41-51)59-50)42-56-40-38-36-34-32-30-14-12-10-8-6-4-2/h44-45,47-51,53-55H,3-43H2,1-2H3. The molecule has 0 aromatic rings. The lowest BCUT2D eigenvalue weighted by Gasteiger charge is -2.39. The molecule has 1 aliphatic rings. The topological polar surface area (TPSA) is 135 Å². The van der Waals surface area contributed by atoms with Gasteiger partial charge < -0.3 is 39.4 Å². The Labute approximate surface area is 363 Å². The molecule has 4 N–H and O–H groups in total. The molecule has 1 fully saturated rings. The highest BCUT2D eigenvalue weighted by atomic mass is 16.7. The Morgan fingerprint density at radius 3 is 1.20 bits per heavy atom. The van der Waals surface area contributed by atoms with Crippen LogP contribution in [0.2, 0.25) is 0 Å². The third kappa shape index (κ3) is 33.4. The quantitative estimate of drug-likeness (QED) is 0.0349. The van der Waals surface area contributed by atoms with Gasteiger partial charge in [-0.3, -0.25) is 4.79 Å². The average Bonchev–Trinajstić information content (AvgIpc) is 3.24. The number of aliphatic hydroxyl groups excluding tert-OH is 4. The smallest absolute Gasteiger partial charge is 0.306 e. The van der Waals surface area contributed by atoms with Crippen LogP contribution >= 0.6 is 0 Å². The minimum atomic E-state index is -1.53. The summed E-state index contributed by atoms with van der Waals surface area (Å²) in [6.07, 6.45) is 40.1. The molecule has 0 amide bonds. The van der Waals surface area contributed by atoms with E-state index in [9.17, 15) is 25.2 Å². The molecule has 0 bridgehead atoms. The van der Waals surface area contributed by atoms with E-state index >= 15 is 0 Å². The molecular weight excluding hydrogens is 745 g/mol. The fourth-order valence-corrected chi connectivity index (χ4v) is 8.26. The highest BCUT2D eigenvalue weighted by Crippen LogP contribution is 2.23. The normalized spacial score (nSPS) is 20.0. The number of rotatable bonds is 45. The highest BCUT2D eigenvalue weighted by Gasteiger charge is 2.44. The van der Waals surface area contributed by atoms with Crippen LogP contribution in [0.5, 0.6) is 0 Å². The van der Waals surface area contributed by atoms with Crippen LogP contribution in [0.3, 0.4) is 0 Å². The second-order valence-electron chi connectivity index (χ2n) is 18.0. The predicted octanol–water partition coefficient (Wildman–Crippen LogP) is 12.2. The highest BCUT2D eigenvalue weighted by molar-refractivity contribution is 5.69. The van der Waals surface area contributed by atoms with Crippen molar-refractivity contribution in [2.45, 2.75) is 288 Å². The van der Waals surface area contributed by atoms with Crippen molar-refractivity contribution >= 4 is 5.97 Å². The Morgan fingerprint density at radius 2 is 0.831 bits per heavy atom. The zero-order chi connectivity index (χ0) is 42.9. The Kier molecular flexibility index (Phi) is 40.5. The lowest BCUT2D eigenvalue weighted by molar-refractivity contribution is -0.305. The molecule has 0 spiro atoms. The minimum Gasteiger partial charge on any atom is -0.457 e. The van der Waals surface area contributed by atoms with Crippen molar-refractivity contribution < 1.29 is 44.2 Å². The molecular formula is C50H98O9. The monoisotopic (exact) mass is 843 g/mol. The van der Waals surface area contributed by atoms with E-state index in [0.29, 0.717) is 13.0 Å². The number of esters is 1. The van der Waals surface area contributed by atoms with Gasteiger partial charge in [-0.25, -0.2) is 0 Å². The summed E-state index contributed by atoms with van der Waals surface area (Å²) in [7, 11) is 0. The molecule has 59 heavy (non-hydrogen) atoms. The molecule has 0 saturated carbocycles. The molecule has 0 aliphatic carbocycles. The van der Waals surface area contributed by atoms with Gasteiger partial charge in [0.15, 0.2) is 6.29 Å². The summed E-state index contributed by atoms with van der Waals surface area (Å²) in [6, 6.07) is 0. The zero-order valence-electron chi connectivity index (χ0n) is 38.8. The van der Waals surface area contributed by atoms with Gasteiger partial charge in [-0.2, -0.15) is 0 Å². The Balaban J connectivity index is 2.11. The molecule has 0 aromatic heterocycles. The number of hydrogen-bond acceptors (Lipinski definition) is 9. The number of carbonyl (C=O) groups excluding carboxylic acids is 1. The van der Waals surface area contributed by atoms with Crippen LogP contribution in [0, 0.1) is 0 Å². The van der Waals surface area contributed by atoms with Crippen LogP contribution in [0.1, 0.15) is 251 Å². The number of unbranched alkanes of at least 4 members (excludes halogenated alkanes) is 34. The van der Waals surface area contributed by atoms with Gasteiger partial charge in [-0.1, -0.05) is 232 Å². The van der Waals surface area contributed by atoms with Crippen LogP contribution in [-0.4, -0.2) is 89.6 Å². The molecule has 1 rings (SSSR count). The molecule has 9 heteroatoms. The van der Waals surface area contributed by atoms with E-state index < -0.39 is 43.4 Å². The molecule has 352 valence electrons. The predicted molar refractivity (Wildman–Crippen MR) is 243 cm³/mol. The van der Waals surface area contributed by atoms with E-state index in [1.807, 2.05) is 0 Å². The van der Waals surface area contributed by atoms with E-state index in [4.69, 9.17) is 18.9 Å². The Hall–Kier alpha value is -0.810. The third-order valence-corrected chi connectivity index (χ3v) is 12.3. The Bertz CT molecular complexity index is 873. The average molecular weight is 843 g/mol. The Morgan fingerprint density at radius 1 is 0.475 bits per heavy atom. The van der Waals surface area contributed by atoms with Gasteiger partial charge in [0.1, 0.15) is 30.5 Å². The van der Waals surface area contributed by atoms with Crippen LogP contribution in [0.25, 0.3) is 0 Å². The molecule has 0 radical (unpaired) electrons. The molecule has 1 heterocycles. The van der Waals surface area contributed by atoms with Crippen LogP contribution in [0.4, 0.5) is 0 Å². The number of carbonyl (C=O) groups is 1. The molecule has 1 aliphatic heterocycles. The van der Waals surface area contributed by atoms with Gasteiger partial charge >= 0.3 is 5.97 Å². The fourth-order valence-electron chi connectivity index (χ4n) is 8.26. The molecule has 9 nitrogen and oxygen atoms in total. The first-order valence-electron chi connectivity index (χ1n) is 25.6. The summed E-state index contributed by atoms with van der Waals surface area (Å²) in [5.74, 6) is -0.306. The third-order valence-electron chi connectivity index (χ3n) is 12.3. The number of aliphatic hydroxyl groups is 4. The summed E-state index contributed by atoms with van der Waals surface area (Å²) in [5.41, 5.74) is 0. The molecule has 0 aromatic carbocycles. The van der Waals surface area contributed by atoms with Crippen molar-refractivity contribution in [2.24, 2.45) is 0 Å². The zero-order valence-corrected chi connectivity index (χ0v) is 38.8. The first-order chi connectivity index (χ1) is 28.9. The second kappa shape index (κ2) is 42.5. The molecule has 6 unspecified atom stereocenters. The summed E-state index contributed by atoms with van der Waals surface area (Å²) in [5, 5.41) is 40.1. The SMILES string of the molecule is CCCCCCCCCCCCCCCCCCCCCCCCCCCC(=O)OC(COCCCCCCCCCCCCC)COC1OC(CO)C(O)C(O)C1O. The van der Waals surface area contributed by atoms with Crippen molar-refractivity contribution in [3.63, 3.8) is 0 Å². The first-order valence-corrected chi connectivity index (χ1v) is 25.6. The summed E-state index contributed by atoms with van der Waals surface area (Å²) in [4.78, 5) is 12.8. The van der Waals surface area contributed by atoms with E-state index in [0.717, 1.165) is 32.1 Å². The first kappa shape index (κ1) is 56.2. The van der Waals surface area contributed by atoms with Crippen molar-refractivity contribution in [3.8, 4) is 0 Å². The summed E-state index contributed by atoms with van der Waals surface area (Å²) < 4.78 is 22.8. The van der Waals surface area contributed by atoms with Crippen molar-refractivity contribution in [2.75, 3.05) is 26.4 Å². The summed E-state index contributed by atoms with van der Waals surface area (Å²) >= 11 is 0. The molecule has 1 saturated heterocycles. The van der Waals surface area contributed by atoms with E-state index in [-0.39, 0.29) is 19.2 Å². The van der Waals surface area contributed by atoms with Gasteiger partial charge in [-0.05, 0) is 12.8 Å². The number of hydrogen-bond donors (Lipinski definition) is 4. The minimum absolute atomic E-state index is 0.105. The fraction of sp³-hybridized carbons (Fsp3) is 0.980. The van der Waals surface area contributed by atoms with Crippen molar-refractivity contribution in [3.05, 3.63) is 0 Å². The van der Waals surface area contributed by atoms with Gasteiger partial charge in [0, 0.05) is 13.0 Å².